The lowest BCUT2D eigenvalue weighted by Gasteiger charge is -2.29. The summed E-state index contributed by atoms with van der Waals surface area (Å²) in [5.41, 5.74) is 1.71. The van der Waals surface area contributed by atoms with Gasteiger partial charge in [-0.1, -0.05) is 32.0 Å². The monoisotopic (exact) mass is 442 g/mol. The van der Waals surface area contributed by atoms with Gasteiger partial charge in [-0.2, -0.15) is 0 Å². The number of hydrogen-bond donors (Lipinski definition) is 1. The van der Waals surface area contributed by atoms with Gasteiger partial charge >= 0.3 is 0 Å². The highest BCUT2D eigenvalue weighted by Gasteiger charge is 2.26. The van der Waals surface area contributed by atoms with Crippen LogP contribution in [-0.2, 0) is 9.59 Å². The Balaban J connectivity index is 1.68. The first-order valence-electron chi connectivity index (χ1n) is 10.7. The van der Waals surface area contributed by atoms with Gasteiger partial charge in [-0.05, 0) is 49.6 Å². The van der Waals surface area contributed by atoms with Gasteiger partial charge in [-0.15, -0.1) is 11.8 Å². The fourth-order valence-corrected chi connectivity index (χ4v) is 4.23. The number of carbonyl (C=O) groups excluding carboxylic acids is 2. The van der Waals surface area contributed by atoms with E-state index in [0.717, 1.165) is 29.0 Å². The SMILES string of the molecule is CCCOc1ccc(C(C)NC(=O)CN2C(=O)CSc3ccccc32)cc1OCCC. The van der Waals surface area contributed by atoms with Gasteiger partial charge in [0.2, 0.25) is 11.8 Å². The third-order valence-electron chi connectivity index (χ3n) is 4.88. The van der Waals surface area contributed by atoms with E-state index >= 15 is 0 Å². The number of para-hydroxylation sites is 1. The summed E-state index contributed by atoms with van der Waals surface area (Å²) in [6, 6.07) is 13.2. The van der Waals surface area contributed by atoms with Crippen molar-refractivity contribution in [3.63, 3.8) is 0 Å². The Labute approximate surface area is 188 Å². The number of ether oxygens (including phenoxy) is 2. The maximum absolute atomic E-state index is 12.7. The number of thioether (sulfide) groups is 1. The molecular formula is C24H30N2O4S. The first-order chi connectivity index (χ1) is 15.0. The van der Waals surface area contributed by atoms with E-state index in [4.69, 9.17) is 9.47 Å². The molecule has 7 heteroatoms. The van der Waals surface area contributed by atoms with Crippen molar-refractivity contribution in [2.24, 2.45) is 0 Å². The molecule has 1 aliphatic heterocycles. The van der Waals surface area contributed by atoms with Crippen LogP contribution in [0.1, 0.15) is 45.2 Å². The van der Waals surface area contributed by atoms with E-state index in [9.17, 15) is 9.59 Å². The predicted molar refractivity (Wildman–Crippen MR) is 124 cm³/mol. The van der Waals surface area contributed by atoms with Gasteiger partial charge in [0, 0.05) is 4.90 Å². The minimum absolute atomic E-state index is 0.00235. The van der Waals surface area contributed by atoms with E-state index < -0.39 is 0 Å². The van der Waals surface area contributed by atoms with Crippen LogP contribution in [0.2, 0.25) is 0 Å². The number of rotatable bonds is 10. The van der Waals surface area contributed by atoms with Gasteiger partial charge in [0.15, 0.2) is 11.5 Å². The minimum atomic E-state index is -0.235. The molecule has 1 aliphatic rings. The van der Waals surface area contributed by atoms with E-state index in [1.54, 1.807) is 4.90 Å². The molecule has 0 saturated heterocycles. The number of hydrogen-bond acceptors (Lipinski definition) is 5. The standard InChI is InChI=1S/C24H30N2O4S/c1-4-12-29-20-11-10-18(14-21(20)30-13-5-2)17(3)25-23(27)15-26-19-8-6-7-9-22(19)31-16-24(26)28/h6-11,14,17H,4-5,12-13,15-16H2,1-3H3,(H,25,27). The minimum Gasteiger partial charge on any atom is -0.490 e. The predicted octanol–water partition coefficient (Wildman–Crippen LogP) is 4.58. The second-order valence-corrected chi connectivity index (χ2v) is 8.45. The van der Waals surface area contributed by atoms with Gasteiger partial charge in [-0.25, -0.2) is 0 Å². The molecule has 1 atom stereocenters. The molecule has 1 unspecified atom stereocenters. The molecule has 0 fully saturated rings. The van der Waals surface area contributed by atoms with Crippen molar-refractivity contribution in [2.45, 2.75) is 44.6 Å². The highest BCUT2D eigenvalue weighted by Crippen LogP contribution is 2.35. The molecule has 6 nitrogen and oxygen atoms in total. The summed E-state index contributed by atoms with van der Waals surface area (Å²) in [5, 5.41) is 3.00. The lowest BCUT2D eigenvalue weighted by atomic mass is 10.1. The zero-order valence-corrected chi connectivity index (χ0v) is 19.2. The summed E-state index contributed by atoms with van der Waals surface area (Å²) in [7, 11) is 0. The van der Waals surface area contributed by atoms with Crippen LogP contribution in [0.15, 0.2) is 47.4 Å². The van der Waals surface area contributed by atoms with Crippen molar-refractivity contribution < 1.29 is 19.1 Å². The van der Waals surface area contributed by atoms with Crippen molar-refractivity contribution in [1.29, 1.82) is 0 Å². The Morgan fingerprint density at radius 3 is 2.55 bits per heavy atom. The van der Waals surface area contributed by atoms with E-state index in [-0.39, 0.29) is 24.4 Å². The first-order valence-corrected chi connectivity index (χ1v) is 11.7. The van der Waals surface area contributed by atoms with Crippen LogP contribution >= 0.6 is 11.8 Å². The van der Waals surface area contributed by atoms with Crippen LogP contribution in [0.5, 0.6) is 11.5 Å². The molecule has 166 valence electrons. The molecule has 0 bridgehead atoms. The number of amides is 2. The highest BCUT2D eigenvalue weighted by molar-refractivity contribution is 8.00. The van der Waals surface area contributed by atoms with E-state index in [2.05, 4.69) is 19.2 Å². The van der Waals surface area contributed by atoms with Crippen LogP contribution < -0.4 is 19.7 Å². The number of nitrogens with zero attached hydrogens (tertiary/aromatic N) is 1. The van der Waals surface area contributed by atoms with Gasteiger partial charge in [0.1, 0.15) is 6.54 Å². The van der Waals surface area contributed by atoms with Crippen LogP contribution in [0, 0.1) is 0 Å². The van der Waals surface area contributed by atoms with Crippen LogP contribution in [0.4, 0.5) is 5.69 Å². The molecule has 3 rings (SSSR count). The largest absolute Gasteiger partial charge is 0.490 e. The molecule has 0 aliphatic carbocycles. The number of anilines is 1. The molecule has 0 spiro atoms. The Hall–Kier alpha value is -2.67. The average molecular weight is 443 g/mol. The van der Waals surface area contributed by atoms with Gasteiger partial charge in [-0.3, -0.25) is 9.59 Å². The summed E-state index contributed by atoms with van der Waals surface area (Å²) in [4.78, 5) is 27.7. The zero-order chi connectivity index (χ0) is 22.2. The van der Waals surface area contributed by atoms with E-state index in [1.807, 2.05) is 49.4 Å². The molecule has 2 amide bonds. The quantitative estimate of drug-likeness (QED) is 0.583. The highest BCUT2D eigenvalue weighted by atomic mass is 32.2. The maximum Gasteiger partial charge on any atom is 0.240 e. The number of benzene rings is 2. The average Bonchev–Trinajstić information content (AvgIpc) is 2.78. The van der Waals surface area contributed by atoms with E-state index in [0.29, 0.717) is 30.5 Å². The molecule has 1 heterocycles. The smallest absolute Gasteiger partial charge is 0.240 e. The van der Waals surface area contributed by atoms with Crippen LogP contribution in [0.3, 0.4) is 0 Å². The fraction of sp³-hybridized carbons (Fsp3) is 0.417. The molecule has 31 heavy (non-hydrogen) atoms. The Morgan fingerprint density at radius 2 is 1.81 bits per heavy atom. The summed E-state index contributed by atoms with van der Waals surface area (Å²) in [5.74, 6) is 1.48. The Kier molecular flexibility index (Phi) is 8.23. The molecule has 0 radical (unpaired) electrons. The fourth-order valence-electron chi connectivity index (χ4n) is 3.29. The van der Waals surface area contributed by atoms with Crippen molar-refractivity contribution in [3.8, 4) is 11.5 Å². The molecule has 2 aromatic carbocycles. The van der Waals surface area contributed by atoms with Crippen molar-refractivity contribution in [2.75, 3.05) is 30.4 Å². The van der Waals surface area contributed by atoms with Crippen molar-refractivity contribution >= 4 is 29.3 Å². The first kappa shape index (κ1) is 23.0. The summed E-state index contributed by atoms with van der Waals surface area (Å²) in [6.45, 7) is 7.25. The lowest BCUT2D eigenvalue weighted by molar-refractivity contribution is -0.123. The zero-order valence-electron chi connectivity index (χ0n) is 18.3. The number of nitrogens with one attached hydrogen (secondary N) is 1. The van der Waals surface area contributed by atoms with Gasteiger partial charge < -0.3 is 19.7 Å². The van der Waals surface area contributed by atoms with Gasteiger partial charge in [0.05, 0.1) is 30.7 Å². The molecular weight excluding hydrogens is 412 g/mol. The summed E-state index contributed by atoms with van der Waals surface area (Å²) < 4.78 is 11.6. The lowest BCUT2D eigenvalue weighted by Crippen LogP contribution is -2.43. The van der Waals surface area contributed by atoms with E-state index in [1.165, 1.54) is 11.8 Å². The Morgan fingerprint density at radius 1 is 1.10 bits per heavy atom. The van der Waals surface area contributed by atoms with Gasteiger partial charge in [0.25, 0.3) is 0 Å². The second-order valence-electron chi connectivity index (χ2n) is 7.43. The topological polar surface area (TPSA) is 67.9 Å². The van der Waals surface area contributed by atoms with Crippen LogP contribution in [0.25, 0.3) is 0 Å². The summed E-state index contributed by atoms with van der Waals surface area (Å²) in [6.07, 6.45) is 1.81. The third kappa shape index (κ3) is 5.94. The maximum atomic E-state index is 12.7. The Bertz CT molecular complexity index is 918. The van der Waals surface area contributed by atoms with Crippen molar-refractivity contribution in [3.05, 3.63) is 48.0 Å². The molecule has 0 saturated carbocycles. The number of fused-ring (bicyclic) bond motifs is 1. The van der Waals surface area contributed by atoms with Crippen LogP contribution in [-0.4, -0.2) is 37.3 Å². The number of carbonyl (C=O) groups is 2. The second kappa shape index (κ2) is 11.1. The van der Waals surface area contributed by atoms with Crippen molar-refractivity contribution in [1.82, 2.24) is 5.32 Å². The molecule has 2 aromatic rings. The normalized spacial score (nSPS) is 14.0. The molecule has 1 N–H and O–H groups in total. The molecule has 0 aromatic heterocycles. The third-order valence-corrected chi connectivity index (χ3v) is 5.93. The summed E-state index contributed by atoms with van der Waals surface area (Å²) >= 11 is 1.50.